The third kappa shape index (κ3) is 66.2. The van der Waals surface area contributed by atoms with E-state index in [4.69, 9.17) is 37.0 Å². The first-order valence-corrected chi connectivity index (χ1v) is 40.4. The summed E-state index contributed by atoms with van der Waals surface area (Å²) in [4.78, 5) is 72.5. The van der Waals surface area contributed by atoms with Crippen LogP contribution in [0, 0.1) is 5.92 Å². The SMILES string of the molecule is CCCCCC/C=C\C=C/CCCCCCCC(=O)OC[C@H](COP(=O)(O)OC[C@@H](O)COP(=O)(O)OC[C@@H](COC(=O)CCCCCCCCCC)OC(=O)CCCCCCCCCCC(C)C)OC(=O)CCCCCCCCCCCCCCCCCCCC. The summed E-state index contributed by atoms with van der Waals surface area (Å²) >= 11 is 0. The Balaban J connectivity index is 5.24. The van der Waals surface area contributed by atoms with Gasteiger partial charge in [0.2, 0.25) is 0 Å². The highest BCUT2D eigenvalue weighted by Crippen LogP contribution is 2.45. The molecule has 2 unspecified atom stereocenters. The Labute approximate surface area is 561 Å². The Kier molecular flexibility index (Phi) is 64.0. The molecule has 17 nitrogen and oxygen atoms in total. The lowest BCUT2D eigenvalue weighted by molar-refractivity contribution is -0.161. The van der Waals surface area contributed by atoms with E-state index >= 15 is 0 Å². The zero-order chi connectivity index (χ0) is 67.7. The maximum Gasteiger partial charge on any atom is 0.472 e. The van der Waals surface area contributed by atoms with Crippen molar-refractivity contribution in [3.63, 3.8) is 0 Å². The Bertz CT molecular complexity index is 1860. The lowest BCUT2D eigenvalue weighted by Crippen LogP contribution is -2.30. The topological polar surface area (TPSA) is 237 Å². The minimum absolute atomic E-state index is 0.102. The summed E-state index contributed by atoms with van der Waals surface area (Å²) in [6, 6.07) is 0. The van der Waals surface area contributed by atoms with Crippen LogP contribution < -0.4 is 0 Å². The van der Waals surface area contributed by atoms with Gasteiger partial charge in [-0.25, -0.2) is 9.13 Å². The molecule has 0 saturated heterocycles. The third-order valence-electron chi connectivity index (χ3n) is 16.4. The monoisotopic (exact) mass is 1350 g/mol. The van der Waals surface area contributed by atoms with E-state index in [1.807, 2.05) is 0 Å². The van der Waals surface area contributed by atoms with Crippen molar-refractivity contribution < 1.29 is 80.2 Å². The van der Waals surface area contributed by atoms with Crippen LogP contribution in [0.3, 0.4) is 0 Å². The van der Waals surface area contributed by atoms with Gasteiger partial charge in [0.05, 0.1) is 26.4 Å². The van der Waals surface area contributed by atoms with Crippen LogP contribution in [-0.2, 0) is 65.4 Å². The second-order valence-corrected chi connectivity index (χ2v) is 29.0. The van der Waals surface area contributed by atoms with Gasteiger partial charge in [-0.3, -0.25) is 37.3 Å². The van der Waals surface area contributed by atoms with Crippen LogP contribution in [0.2, 0.25) is 0 Å². The van der Waals surface area contributed by atoms with Crippen molar-refractivity contribution in [3.05, 3.63) is 24.3 Å². The van der Waals surface area contributed by atoms with Crippen LogP contribution in [0.15, 0.2) is 24.3 Å². The van der Waals surface area contributed by atoms with E-state index in [0.29, 0.717) is 25.7 Å². The molecule has 3 N–H and O–H groups in total. The standard InChI is InChI=1S/C73H138O17P2/c1-6-9-12-15-18-21-23-25-27-28-29-31-33-35-37-43-48-53-58-72(77)89-69(63-84-71(76)57-52-47-42-36-34-32-30-26-24-22-19-16-13-10-7-2)65-88-92(81,82)86-61-67(74)60-85-91(79,80)87-64-68(62-83-70(75)56-51-46-41-20-17-14-11-8-3)90-73(78)59-54-49-44-39-38-40-45-50-55-66(4)5/h22,24,26,30,66-69,74H,6-21,23,25,27-29,31-65H2,1-5H3,(H,79,80)(H,81,82)/b24-22-,30-26-/t67-,68+,69+/m0/s1. The van der Waals surface area contributed by atoms with Gasteiger partial charge in [-0.15, -0.1) is 0 Å². The fraction of sp³-hybridized carbons (Fsp3) is 0.890. The third-order valence-corrected chi connectivity index (χ3v) is 18.3. The van der Waals surface area contributed by atoms with Gasteiger partial charge in [-0.1, -0.05) is 303 Å². The molecule has 0 aliphatic carbocycles. The van der Waals surface area contributed by atoms with E-state index in [-0.39, 0.29) is 25.7 Å². The second kappa shape index (κ2) is 65.8. The van der Waals surface area contributed by atoms with Gasteiger partial charge in [0.15, 0.2) is 12.2 Å². The second-order valence-electron chi connectivity index (χ2n) is 26.1. The fourth-order valence-corrected chi connectivity index (χ4v) is 12.2. The van der Waals surface area contributed by atoms with Gasteiger partial charge in [0.25, 0.3) is 0 Å². The van der Waals surface area contributed by atoms with Crippen molar-refractivity contribution in [2.75, 3.05) is 39.6 Å². The number of carbonyl (C=O) groups is 4. The molecule has 0 rings (SSSR count). The largest absolute Gasteiger partial charge is 0.472 e. The molecule has 0 saturated carbocycles. The Morgan fingerprint density at radius 2 is 0.587 bits per heavy atom. The molecule has 0 aromatic carbocycles. The zero-order valence-corrected chi connectivity index (χ0v) is 61.0. The minimum Gasteiger partial charge on any atom is -0.462 e. The van der Waals surface area contributed by atoms with Crippen LogP contribution in [0.4, 0.5) is 0 Å². The molecule has 0 radical (unpaired) electrons. The van der Waals surface area contributed by atoms with E-state index < -0.39 is 97.5 Å². The van der Waals surface area contributed by atoms with Crippen LogP contribution in [0.25, 0.3) is 0 Å². The van der Waals surface area contributed by atoms with Gasteiger partial charge < -0.3 is 33.8 Å². The summed E-state index contributed by atoms with van der Waals surface area (Å²) in [5.41, 5.74) is 0. The lowest BCUT2D eigenvalue weighted by Gasteiger charge is -2.21. The highest BCUT2D eigenvalue weighted by molar-refractivity contribution is 7.47. The number of unbranched alkanes of at least 4 members (excludes halogenated alkanes) is 40. The van der Waals surface area contributed by atoms with Gasteiger partial charge in [0.1, 0.15) is 19.3 Å². The van der Waals surface area contributed by atoms with Crippen molar-refractivity contribution in [1.82, 2.24) is 0 Å². The number of hydrogen-bond acceptors (Lipinski definition) is 15. The van der Waals surface area contributed by atoms with E-state index in [9.17, 15) is 43.2 Å². The fourth-order valence-electron chi connectivity index (χ4n) is 10.6. The van der Waals surface area contributed by atoms with Gasteiger partial charge >= 0.3 is 39.5 Å². The molecule has 0 bridgehead atoms. The summed E-state index contributed by atoms with van der Waals surface area (Å²) < 4.78 is 68.3. The molecule has 0 fully saturated rings. The smallest absolute Gasteiger partial charge is 0.462 e. The Morgan fingerprint density at radius 1 is 0.337 bits per heavy atom. The summed E-state index contributed by atoms with van der Waals surface area (Å²) in [5.74, 6) is -1.44. The first-order valence-electron chi connectivity index (χ1n) is 37.5. The molecular weight excluding hydrogens is 1210 g/mol. The van der Waals surface area contributed by atoms with Crippen LogP contribution in [-0.4, -0.2) is 96.7 Å². The summed E-state index contributed by atoms with van der Waals surface area (Å²) in [6.45, 7) is 7.13. The van der Waals surface area contributed by atoms with Crippen molar-refractivity contribution in [1.29, 1.82) is 0 Å². The molecule has 0 aliphatic heterocycles. The number of aliphatic hydroxyl groups is 1. The molecule has 0 heterocycles. The molecule has 19 heteroatoms. The highest BCUT2D eigenvalue weighted by Gasteiger charge is 2.30. The molecule has 5 atom stereocenters. The number of carbonyl (C=O) groups excluding carboxylic acids is 4. The number of allylic oxidation sites excluding steroid dienone is 4. The number of rotatable bonds is 71. The molecule has 0 aliphatic rings. The molecule has 0 aromatic heterocycles. The predicted molar refractivity (Wildman–Crippen MR) is 372 cm³/mol. The lowest BCUT2D eigenvalue weighted by atomic mass is 10.0. The van der Waals surface area contributed by atoms with Gasteiger partial charge in [-0.2, -0.15) is 0 Å². The minimum atomic E-state index is -4.96. The predicted octanol–water partition coefficient (Wildman–Crippen LogP) is 20.9. The van der Waals surface area contributed by atoms with Gasteiger partial charge in [0, 0.05) is 25.7 Å². The van der Waals surface area contributed by atoms with E-state index in [1.54, 1.807) is 0 Å². The summed E-state index contributed by atoms with van der Waals surface area (Å²) in [7, 11) is -9.91. The highest BCUT2D eigenvalue weighted by atomic mass is 31.2. The maximum absolute atomic E-state index is 13.0. The molecular formula is C73H138O17P2. The van der Waals surface area contributed by atoms with E-state index in [1.165, 1.54) is 154 Å². The number of aliphatic hydroxyl groups excluding tert-OH is 1. The maximum atomic E-state index is 13.0. The van der Waals surface area contributed by atoms with Gasteiger partial charge in [-0.05, 0) is 57.3 Å². The quantitative estimate of drug-likeness (QED) is 0.0169. The molecule has 542 valence electrons. The number of esters is 4. The number of phosphoric ester groups is 2. The van der Waals surface area contributed by atoms with E-state index in [0.717, 1.165) is 121 Å². The summed E-state index contributed by atoms with van der Waals surface area (Å²) in [5, 5.41) is 10.6. The van der Waals surface area contributed by atoms with Crippen molar-refractivity contribution >= 4 is 39.5 Å². The molecule has 0 amide bonds. The zero-order valence-electron chi connectivity index (χ0n) is 59.2. The molecule has 92 heavy (non-hydrogen) atoms. The molecule has 0 spiro atoms. The van der Waals surface area contributed by atoms with Crippen molar-refractivity contribution in [3.8, 4) is 0 Å². The van der Waals surface area contributed by atoms with Crippen molar-refractivity contribution in [2.24, 2.45) is 5.92 Å². The Hall–Kier alpha value is -2.46. The number of ether oxygens (including phenoxy) is 4. The van der Waals surface area contributed by atoms with Crippen LogP contribution >= 0.6 is 15.6 Å². The average molecular weight is 1350 g/mol. The summed E-state index contributed by atoms with van der Waals surface area (Å²) in [6.07, 6.45) is 56.4. The normalized spacial score (nSPS) is 14.2. The first kappa shape index (κ1) is 89.5. The first-order chi connectivity index (χ1) is 44.5. The number of hydrogen-bond donors (Lipinski definition) is 3. The van der Waals surface area contributed by atoms with Crippen molar-refractivity contribution in [2.45, 2.75) is 374 Å². The van der Waals surface area contributed by atoms with E-state index in [2.05, 4.69) is 58.9 Å². The van der Waals surface area contributed by atoms with Crippen LogP contribution in [0.5, 0.6) is 0 Å². The average Bonchev–Trinajstić information content (AvgIpc) is 1.84. The molecule has 0 aromatic rings. The Morgan fingerprint density at radius 3 is 0.891 bits per heavy atom. The number of phosphoric acid groups is 2. The van der Waals surface area contributed by atoms with Crippen LogP contribution in [0.1, 0.15) is 356 Å².